The summed E-state index contributed by atoms with van der Waals surface area (Å²) in [6, 6.07) is 14.1. The van der Waals surface area contributed by atoms with Gasteiger partial charge in [-0.2, -0.15) is 14.5 Å². The zero-order valence-corrected chi connectivity index (χ0v) is 16.0. The highest BCUT2D eigenvalue weighted by Gasteiger charge is 2.13. The maximum Gasteiger partial charge on any atom is 0.271 e. The van der Waals surface area contributed by atoms with Gasteiger partial charge in [0, 0.05) is 23.5 Å². The van der Waals surface area contributed by atoms with Crippen LogP contribution >= 0.6 is 11.6 Å². The van der Waals surface area contributed by atoms with Gasteiger partial charge in [0.15, 0.2) is 0 Å². The van der Waals surface area contributed by atoms with Gasteiger partial charge in [-0.15, -0.1) is 0 Å². The number of ether oxygens (including phenoxy) is 1. The molecule has 1 N–H and O–H groups in total. The predicted molar refractivity (Wildman–Crippen MR) is 110 cm³/mol. The monoisotopic (exact) mass is 421 g/mol. The molecule has 0 spiro atoms. The first-order valence-electron chi connectivity index (χ1n) is 8.73. The molecule has 2 heterocycles. The van der Waals surface area contributed by atoms with Crippen LogP contribution in [0.2, 0.25) is 5.28 Å². The molecule has 9 heteroatoms. The summed E-state index contributed by atoms with van der Waals surface area (Å²) in [5, 5.41) is 5.59. The minimum absolute atomic E-state index is 0.146. The molecule has 1 amide bonds. The summed E-state index contributed by atoms with van der Waals surface area (Å²) in [5.41, 5.74) is 3.39. The molecule has 2 aromatic heterocycles. The number of amides is 1. The van der Waals surface area contributed by atoms with E-state index in [1.807, 2.05) is 30.3 Å². The van der Waals surface area contributed by atoms with E-state index in [-0.39, 0.29) is 16.9 Å². The summed E-state index contributed by atoms with van der Waals surface area (Å²) < 4.78 is 19.7. The summed E-state index contributed by atoms with van der Waals surface area (Å²) in [7, 11) is 0. The maximum absolute atomic E-state index is 14.0. The van der Waals surface area contributed by atoms with Crippen LogP contribution < -0.4 is 10.2 Å². The molecule has 0 aliphatic carbocycles. The summed E-state index contributed by atoms with van der Waals surface area (Å²) in [5.74, 6) is -1.20. The van der Waals surface area contributed by atoms with E-state index in [0.29, 0.717) is 11.1 Å². The third kappa shape index (κ3) is 4.23. The average Bonchev–Trinajstić information content (AvgIpc) is 2.78. The van der Waals surface area contributed by atoms with Crippen LogP contribution in [-0.4, -0.2) is 27.1 Å². The van der Waals surface area contributed by atoms with Crippen molar-refractivity contribution < 1.29 is 13.9 Å². The number of rotatable bonds is 5. The largest absolute Gasteiger partial charge is 0.436 e. The molecular formula is C21H13ClFN5O2. The third-order valence-electron chi connectivity index (χ3n) is 4.12. The molecule has 0 bridgehead atoms. The Morgan fingerprint density at radius 2 is 1.93 bits per heavy atom. The van der Waals surface area contributed by atoms with E-state index in [4.69, 9.17) is 16.3 Å². The van der Waals surface area contributed by atoms with Gasteiger partial charge in [-0.3, -0.25) is 9.78 Å². The van der Waals surface area contributed by atoms with Crippen molar-refractivity contribution in [1.29, 1.82) is 0 Å². The van der Waals surface area contributed by atoms with Crippen molar-refractivity contribution in [3.63, 3.8) is 0 Å². The first kappa shape index (κ1) is 19.4. The number of benzene rings is 2. The van der Waals surface area contributed by atoms with E-state index >= 15 is 0 Å². The summed E-state index contributed by atoms with van der Waals surface area (Å²) in [6.07, 6.45) is 5.37. The van der Waals surface area contributed by atoms with Gasteiger partial charge in [0.2, 0.25) is 11.1 Å². The number of carbonyl (C=O) groups is 1. The second kappa shape index (κ2) is 8.62. The predicted octanol–water partition coefficient (Wildman–Crippen LogP) is 4.37. The van der Waals surface area contributed by atoms with Crippen LogP contribution in [0.4, 0.5) is 4.39 Å². The Labute approximate surface area is 175 Å². The van der Waals surface area contributed by atoms with Crippen LogP contribution in [-0.2, 0) is 0 Å². The number of hydrogen-bond acceptors (Lipinski definition) is 6. The number of carbonyl (C=O) groups excluding carboxylic acids is 1. The lowest BCUT2D eigenvalue weighted by Gasteiger charge is -2.11. The molecule has 0 aliphatic heterocycles. The molecule has 148 valence electrons. The highest BCUT2D eigenvalue weighted by Crippen LogP contribution is 2.31. The van der Waals surface area contributed by atoms with Crippen LogP contribution in [0.1, 0.15) is 15.9 Å². The van der Waals surface area contributed by atoms with Gasteiger partial charge in [0.05, 0.1) is 12.4 Å². The Morgan fingerprint density at radius 1 is 1.13 bits per heavy atom. The number of nitrogens with one attached hydrogen (secondary N) is 1. The Hall–Kier alpha value is -3.91. The van der Waals surface area contributed by atoms with Crippen molar-refractivity contribution in [3.8, 4) is 11.6 Å². The average molecular weight is 422 g/mol. The normalized spacial score (nSPS) is 11.0. The number of aromatic nitrogens is 3. The zero-order valence-electron chi connectivity index (χ0n) is 15.3. The number of hydrazone groups is 1. The summed E-state index contributed by atoms with van der Waals surface area (Å²) in [4.78, 5) is 23.4. The molecule has 4 aromatic rings. The zero-order chi connectivity index (χ0) is 20.9. The first-order chi connectivity index (χ1) is 14.6. The molecule has 0 aliphatic rings. The molecule has 4 rings (SSSR count). The summed E-state index contributed by atoms with van der Waals surface area (Å²) >= 11 is 5.75. The molecule has 0 radical (unpaired) electrons. The third-order valence-corrected chi connectivity index (χ3v) is 4.30. The van der Waals surface area contributed by atoms with E-state index in [1.54, 1.807) is 18.2 Å². The molecule has 2 aromatic carbocycles. The number of fused-ring (bicyclic) bond motifs is 1. The quantitative estimate of drug-likeness (QED) is 0.293. The van der Waals surface area contributed by atoms with Crippen LogP contribution in [0.5, 0.6) is 11.6 Å². The van der Waals surface area contributed by atoms with Gasteiger partial charge in [-0.1, -0.05) is 30.3 Å². The molecule has 0 unspecified atom stereocenters. The van der Waals surface area contributed by atoms with Crippen LogP contribution in [0.25, 0.3) is 10.8 Å². The number of halogens is 2. The van der Waals surface area contributed by atoms with E-state index in [2.05, 4.69) is 25.5 Å². The van der Waals surface area contributed by atoms with Crippen molar-refractivity contribution in [1.82, 2.24) is 20.4 Å². The Balaban J connectivity index is 1.68. The van der Waals surface area contributed by atoms with Crippen LogP contribution in [0.15, 0.2) is 72.2 Å². The fourth-order valence-corrected chi connectivity index (χ4v) is 2.85. The van der Waals surface area contributed by atoms with Crippen molar-refractivity contribution in [3.05, 3.63) is 89.3 Å². The molecular weight excluding hydrogens is 409 g/mol. The van der Waals surface area contributed by atoms with Gasteiger partial charge in [-0.05, 0) is 40.6 Å². The fourth-order valence-electron chi connectivity index (χ4n) is 2.73. The van der Waals surface area contributed by atoms with Crippen LogP contribution in [0.3, 0.4) is 0 Å². The van der Waals surface area contributed by atoms with E-state index in [1.165, 1.54) is 18.6 Å². The fraction of sp³-hybridized carbons (Fsp3) is 0. The molecule has 0 atom stereocenters. The van der Waals surface area contributed by atoms with E-state index < -0.39 is 11.7 Å². The molecule has 0 fully saturated rings. The van der Waals surface area contributed by atoms with Gasteiger partial charge in [-0.25, -0.2) is 10.4 Å². The topological polar surface area (TPSA) is 89.4 Å². The molecule has 30 heavy (non-hydrogen) atoms. The molecule has 0 saturated carbocycles. The van der Waals surface area contributed by atoms with Crippen molar-refractivity contribution in [2.45, 2.75) is 0 Å². The molecule has 0 saturated heterocycles. The number of nitrogens with zero attached hydrogens (tertiary/aromatic N) is 4. The molecule has 7 nitrogen and oxygen atoms in total. The SMILES string of the molecule is O=C(N/N=C\c1c(Oc2nc(Cl)ncc2F)ccc2ccccc12)c1ccncc1. The Kier molecular flexibility index (Phi) is 5.58. The lowest BCUT2D eigenvalue weighted by molar-refractivity contribution is 0.0955. The maximum atomic E-state index is 14.0. The van der Waals surface area contributed by atoms with Gasteiger partial charge in [0.1, 0.15) is 5.75 Å². The minimum Gasteiger partial charge on any atom is -0.436 e. The van der Waals surface area contributed by atoms with Gasteiger partial charge in [0.25, 0.3) is 11.8 Å². The second-order valence-corrected chi connectivity index (χ2v) is 6.37. The van der Waals surface area contributed by atoms with Crippen LogP contribution in [0, 0.1) is 5.82 Å². The number of hydrogen-bond donors (Lipinski definition) is 1. The van der Waals surface area contributed by atoms with Crippen molar-refractivity contribution in [2.24, 2.45) is 5.10 Å². The van der Waals surface area contributed by atoms with Crippen molar-refractivity contribution in [2.75, 3.05) is 0 Å². The number of pyridine rings is 1. The van der Waals surface area contributed by atoms with Gasteiger partial charge >= 0.3 is 0 Å². The first-order valence-corrected chi connectivity index (χ1v) is 9.10. The lowest BCUT2D eigenvalue weighted by Crippen LogP contribution is -2.17. The van der Waals surface area contributed by atoms with Gasteiger partial charge < -0.3 is 4.74 Å². The second-order valence-electron chi connectivity index (χ2n) is 6.03. The Bertz CT molecular complexity index is 1250. The van der Waals surface area contributed by atoms with E-state index in [9.17, 15) is 9.18 Å². The smallest absolute Gasteiger partial charge is 0.271 e. The highest BCUT2D eigenvalue weighted by molar-refractivity contribution is 6.28. The van der Waals surface area contributed by atoms with Crippen molar-refractivity contribution >= 4 is 34.5 Å². The highest BCUT2D eigenvalue weighted by atomic mass is 35.5. The standard InChI is InChI=1S/C21H13ClFN5O2/c22-21-25-12-17(23)20(27-21)30-18-6-5-13-3-1-2-4-15(13)16(18)11-26-28-19(29)14-7-9-24-10-8-14/h1-12H,(H,28,29)/b26-11-. The summed E-state index contributed by atoms with van der Waals surface area (Å²) in [6.45, 7) is 0. The lowest BCUT2D eigenvalue weighted by atomic mass is 10.0. The minimum atomic E-state index is -0.763. The Morgan fingerprint density at radius 3 is 2.77 bits per heavy atom. The van der Waals surface area contributed by atoms with E-state index in [0.717, 1.165) is 17.0 Å².